The number of rotatable bonds is 8. The molecule has 3 aromatic carbocycles. The SMILES string of the molecule is COc1ccc(S(=O)(=O)N2C(=O)C[C@H](c3ccccc3OC)[C@@H]2/C=C/c2ccccc2OC)cc1. The number of para-hydroxylation sites is 2. The van der Waals surface area contributed by atoms with Gasteiger partial charge in [-0.3, -0.25) is 4.79 Å². The van der Waals surface area contributed by atoms with Gasteiger partial charge in [0.15, 0.2) is 0 Å². The van der Waals surface area contributed by atoms with E-state index in [0.717, 1.165) is 15.4 Å². The Hall–Kier alpha value is -3.78. The molecule has 0 spiro atoms. The number of carbonyl (C=O) groups is 1. The normalized spacial score (nSPS) is 18.1. The lowest BCUT2D eigenvalue weighted by molar-refractivity contribution is -0.124. The van der Waals surface area contributed by atoms with Crippen molar-refractivity contribution in [2.75, 3.05) is 21.3 Å². The molecule has 1 fully saturated rings. The number of sulfonamides is 1. The molecule has 0 unspecified atom stereocenters. The Morgan fingerprint density at radius 2 is 1.46 bits per heavy atom. The van der Waals surface area contributed by atoms with Crippen LogP contribution in [-0.4, -0.2) is 46.0 Å². The van der Waals surface area contributed by atoms with E-state index < -0.39 is 27.9 Å². The lowest BCUT2D eigenvalue weighted by Crippen LogP contribution is -2.39. The minimum Gasteiger partial charge on any atom is -0.497 e. The van der Waals surface area contributed by atoms with Gasteiger partial charge < -0.3 is 14.2 Å². The molecule has 0 radical (unpaired) electrons. The largest absolute Gasteiger partial charge is 0.497 e. The summed E-state index contributed by atoms with van der Waals surface area (Å²) in [6, 6.07) is 20.0. The van der Waals surface area contributed by atoms with Crippen LogP contribution >= 0.6 is 0 Å². The molecule has 7 nitrogen and oxygen atoms in total. The standard InChI is InChI=1S/C27H27NO6S/c1-32-20-13-15-21(16-14-20)35(30,31)28-24(17-12-19-8-4-6-10-25(19)33-2)23(18-27(28)29)22-9-5-7-11-26(22)34-3/h4-17,23-24H,18H2,1-3H3/b17-12+/t23-,24+/m1/s1. The average Bonchev–Trinajstić information content (AvgIpc) is 3.23. The zero-order valence-electron chi connectivity index (χ0n) is 19.7. The fourth-order valence-electron chi connectivity index (χ4n) is 4.37. The van der Waals surface area contributed by atoms with Crippen LogP contribution in [0.3, 0.4) is 0 Å². The summed E-state index contributed by atoms with van der Waals surface area (Å²) in [5.41, 5.74) is 1.54. The lowest BCUT2D eigenvalue weighted by atomic mass is 9.90. The van der Waals surface area contributed by atoms with E-state index in [2.05, 4.69) is 0 Å². The van der Waals surface area contributed by atoms with Gasteiger partial charge in [-0.25, -0.2) is 12.7 Å². The van der Waals surface area contributed by atoms with Crippen molar-refractivity contribution in [3.05, 3.63) is 90.0 Å². The van der Waals surface area contributed by atoms with Crippen molar-refractivity contribution >= 4 is 22.0 Å². The van der Waals surface area contributed by atoms with Gasteiger partial charge in [-0.15, -0.1) is 0 Å². The van der Waals surface area contributed by atoms with Crippen LogP contribution in [-0.2, 0) is 14.8 Å². The highest BCUT2D eigenvalue weighted by molar-refractivity contribution is 7.89. The van der Waals surface area contributed by atoms with Crippen molar-refractivity contribution in [2.45, 2.75) is 23.3 Å². The minimum atomic E-state index is -4.14. The zero-order valence-corrected chi connectivity index (χ0v) is 20.6. The van der Waals surface area contributed by atoms with Crippen molar-refractivity contribution in [3.63, 3.8) is 0 Å². The molecule has 182 valence electrons. The van der Waals surface area contributed by atoms with Crippen LogP contribution in [0, 0.1) is 0 Å². The highest BCUT2D eigenvalue weighted by Gasteiger charge is 2.46. The maximum atomic E-state index is 13.7. The van der Waals surface area contributed by atoms with Crippen LogP contribution in [0.5, 0.6) is 17.2 Å². The molecular weight excluding hydrogens is 466 g/mol. The third-order valence-electron chi connectivity index (χ3n) is 6.09. The van der Waals surface area contributed by atoms with Crippen molar-refractivity contribution < 1.29 is 27.4 Å². The summed E-state index contributed by atoms with van der Waals surface area (Å²) in [5.74, 6) is 0.858. The summed E-state index contributed by atoms with van der Waals surface area (Å²) in [6.07, 6.45) is 3.57. The molecule has 3 aromatic rings. The van der Waals surface area contributed by atoms with Crippen molar-refractivity contribution in [3.8, 4) is 17.2 Å². The zero-order chi connectivity index (χ0) is 25.0. The molecule has 1 amide bonds. The Balaban J connectivity index is 1.82. The topological polar surface area (TPSA) is 82.1 Å². The predicted molar refractivity (Wildman–Crippen MR) is 133 cm³/mol. The summed E-state index contributed by atoms with van der Waals surface area (Å²) in [7, 11) is 0.496. The number of amides is 1. The van der Waals surface area contributed by atoms with Gasteiger partial charge in [-0.1, -0.05) is 48.6 Å². The fourth-order valence-corrected chi connectivity index (χ4v) is 5.96. The number of ether oxygens (including phenoxy) is 3. The predicted octanol–water partition coefficient (Wildman–Crippen LogP) is 4.50. The van der Waals surface area contributed by atoms with Crippen LogP contribution in [0.15, 0.2) is 83.8 Å². The van der Waals surface area contributed by atoms with Crippen molar-refractivity contribution in [1.82, 2.24) is 4.31 Å². The van der Waals surface area contributed by atoms with Gasteiger partial charge in [-0.2, -0.15) is 0 Å². The van der Waals surface area contributed by atoms with Gasteiger partial charge >= 0.3 is 0 Å². The fraction of sp³-hybridized carbons (Fsp3) is 0.222. The molecular formula is C27H27NO6S. The molecule has 0 bridgehead atoms. The van der Waals surface area contributed by atoms with Crippen LogP contribution < -0.4 is 14.2 Å². The summed E-state index contributed by atoms with van der Waals surface area (Å²) in [4.78, 5) is 13.3. The second-order valence-corrected chi connectivity index (χ2v) is 9.83. The summed E-state index contributed by atoms with van der Waals surface area (Å²) in [5, 5.41) is 0. The molecule has 0 N–H and O–H groups in total. The molecule has 0 aliphatic carbocycles. The maximum Gasteiger partial charge on any atom is 0.267 e. The van der Waals surface area contributed by atoms with Crippen LogP contribution in [0.25, 0.3) is 6.08 Å². The van der Waals surface area contributed by atoms with E-state index in [9.17, 15) is 13.2 Å². The molecule has 35 heavy (non-hydrogen) atoms. The quantitative estimate of drug-likeness (QED) is 0.460. The van der Waals surface area contributed by atoms with E-state index >= 15 is 0 Å². The smallest absolute Gasteiger partial charge is 0.267 e. The first-order chi connectivity index (χ1) is 16.9. The highest BCUT2D eigenvalue weighted by atomic mass is 32.2. The molecule has 1 aliphatic rings. The number of methoxy groups -OCH3 is 3. The molecule has 4 rings (SSSR count). The van der Waals surface area contributed by atoms with E-state index in [1.54, 1.807) is 44.6 Å². The Bertz CT molecular complexity index is 1330. The molecule has 0 saturated carbocycles. The second kappa shape index (κ2) is 10.2. The Kier molecular flexibility index (Phi) is 7.12. The van der Waals surface area contributed by atoms with Crippen molar-refractivity contribution in [1.29, 1.82) is 0 Å². The average molecular weight is 494 g/mol. The number of hydrogen-bond acceptors (Lipinski definition) is 6. The van der Waals surface area contributed by atoms with E-state index in [-0.39, 0.29) is 11.3 Å². The number of hydrogen-bond donors (Lipinski definition) is 0. The van der Waals surface area contributed by atoms with Gasteiger partial charge in [0, 0.05) is 23.5 Å². The molecule has 1 heterocycles. The maximum absolute atomic E-state index is 13.7. The highest BCUT2D eigenvalue weighted by Crippen LogP contribution is 2.42. The minimum absolute atomic E-state index is 0.0167. The Morgan fingerprint density at radius 1 is 0.829 bits per heavy atom. The van der Waals surface area contributed by atoms with Crippen LogP contribution in [0.1, 0.15) is 23.5 Å². The van der Waals surface area contributed by atoms with E-state index in [0.29, 0.717) is 17.2 Å². The summed E-state index contributed by atoms with van der Waals surface area (Å²) in [6.45, 7) is 0. The monoisotopic (exact) mass is 493 g/mol. The molecule has 2 atom stereocenters. The third kappa shape index (κ3) is 4.74. The van der Waals surface area contributed by atoms with Gasteiger partial charge in [-0.05, 0) is 36.4 Å². The van der Waals surface area contributed by atoms with Gasteiger partial charge in [0.2, 0.25) is 5.91 Å². The van der Waals surface area contributed by atoms with E-state index in [1.807, 2.05) is 42.5 Å². The molecule has 1 aliphatic heterocycles. The van der Waals surface area contributed by atoms with E-state index in [1.165, 1.54) is 19.2 Å². The first kappa shape index (κ1) is 24.3. The Labute approximate surface area is 205 Å². The number of nitrogens with zero attached hydrogens (tertiary/aromatic N) is 1. The van der Waals surface area contributed by atoms with Crippen molar-refractivity contribution in [2.24, 2.45) is 0 Å². The third-order valence-corrected chi connectivity index (χ3v) is 7.92. The van der Waals surface area contributed by atoms with Gasteiger partial charge in [0.25, 0.3) is 10.0 Å². The summed E-state index contributed by atoms with van der Waals surface area (Å²) >= 11 is 0. The molecule has 8 heteroatoms. The number of benzene rings is 3. The molecule has 1 saturated heterocycles. The number of carbonyl (C=O) groups excluding carboxylic acids is 1. The lowest BCUT2D eigenvalue weighted by Gasteiger charge is -2.26. The Morgan fingerprint density at radius 3 is 2.11 bits per heavy atom. The van der Waals surface area contributed by atoms with E-state index in [4.69, 9.17) is 14.2 Å². The second-order valence-electron chi connectivity index (χ2n) is 8.01. The van der Waals surface area contributed by atoms with Crippen LogP contribution in [0.4, 0.5) is 0 Å². The van der Waals surface area contributed by atoms with Gasteiger partial charge in [0.1, 0.15) is 17.2 Å². The first-order valence-corrected chi connectivity index (χ1v) is 12.5. The summed E-state index contributed by atoms with van der Waals surface area (Å²) < 4.78 is 44.5. The van der Waals surface area contributed by atoms with Gasteiger partial charge in [0.05, 0.1) is 32.3 Å². The first-order valence-electron chi connectivity index (χ1n) is 11.1. The molecule has 0 aromatic heterocycles. The van der Waals surface area contributed by atoms with Crippen LogP contribution in [0.2, 0.25) is 0 Å².